The number of carbonyl (C=O) groups excluding carboxylic acids is 1. The molecule has 0 unspecified atom stereocenters. The summed E-state index contributed by atoms with van der Waals surface area (Å²) in [5, 5.41) is 0. The van der Waals surface area contributed by atoms with Gasteiger partial charge in [-0.2, -0.15) is 0 Å². The topological polar surface area (TPSA) is 26.3 Å². The molecule has 102 valence electrons. The smallest absolute Gasteiger partial charge is 0.158 e. The van der Waals surface area contributed by atoms with E-state index in [4.69, 9.17) is 4.74 Å². The molecule has 0 aliphatic heterocycles. The van der Waals surface area contributed by atoms with Gasteiger partial charge in [-0.15, -0.1) is 0 Å². The van der Waals surface area contributed by atoms with Crippen molar-refractivity contribution in [3.05, 3.63) is 0 Å². The van der Waals surface area contributed by atoms with Crippen LogP contribution in [0.3, 0.4) is 0 Å². The first-order chi connectivity index (χ1) is 7.95. The third-order valence-corrected chi connectivity index (χ3v) is 2.73. The summed E-state index contributed by atoms with van der Waals surface area (Å²) in [6.07, 6.45) is 9.47. The maximum Gasteiger partial charge on any atom is 0.158 e. The third kappa shape index (κ3) is 13.6. The number of rotatable bonds is 10. The highest BCUT2D eigenvalue weighted by molar-refractivity contribution is 5.79. The van der Waals surface area contributed by atoms with Gasteiger partial charge >= 0.3 is 0 Å². The van der Waals surface area contributed by atoms with Crippen LogP contribution >= 0.6 is 0 Å². The van der Waals surface area contributed by atoms with Gasteiger partial charge in [-0.05, 0) is 27.2 Å². The number of hydrogen-bond donors (Lipinski definition) is 0. The second kappa shape index (κ2) is 9.64. The Morgan fingerprint density at radius 3 is 2.00 bits per heavy atom. The summed E-state index contributed by atoms with van der Waals surface area (Å²) in [4.78, 5) is 11.5. The van der Waals surface area contributed by atoms with Crippen molar-refractivity contribution in [1.82, 2.24) is 0 Å². The molecule has 0 radical (unpaired) electrons. The largest absolute Gasteiger partial charge is 0.368 e. The molecule has 0 bridgehead atoms. The lowest BCUT2D eigenvalue weighted by Crippen LogP contribution is -2.23. The quantitative estimate of drug-likeness (QED) is 0.527. The third-order valence-electron chi connectivity index (χ3n) is 2.73. The molecule has 0 spiro atoms. The first kappa shape index (κ1) is 16.6. The van der Waals surface area contributed by atoms with Gasteiger partial charge in [0.2, 0.25) is 0 Å². The highest BCUT2D eigenvalue weighted by Crippen LogP contribution is 2.10. The standard InChI is InChI=1S/C15H30O2/c1-5-6-7-8-9-10-11-12-14(16)13-17-15(2,3)4/h5-13H2,1-4H3. The lowest BCUT2D eigenvalue weighted by Gasteiger charge is -2.18. The molecule has 0 aromatic heterocycles. The highest BCUT2D eigenvalue weighted by atomic mass is 16.5. The Bertz CT molecular complexity index is 192. The van der Waals surface area contributed by atoms with Gasteiger partial charge in [-0.1, -0.05) is 45.4 Å². The van der Waals surface area contributed by atoms with Crippen molar-refractivity contribution in [3.8, 4) is 0 Å². The first-order valence-electron chi connectivity index (χ1n) is 7.11. The second-order valence-corrected chi connectivity index (χ2v) is 5.81. The summed E-state index contributed by atoms with van der Waals surface area (Å²) in [6, 6.07) is 0. The molecule has 0 aliphatic carbocycles. The van der Waals surface area contributed by atoms with Crippen LogP contribution in [0.1, 0.15) is 79.1 Å². The zero-order valence-corrected chi connectivity index (χ0v) is 12.2. The molecule has 17 heavy (non-hydrogen) atoms. The van der Waals surface area contributed by atoms with Crippen molar-refractivity contribution >= 4 is 5.78 Å². The summed E-state index contributed by atoms with van der Waals surface area (Å²) in [7, 11) is 0. The van der Waals surface area contributed by atoms with E-state index >= 15 is 0 Å². The second-order valence-electron chi connectivity index (χ2n) is 5.81. The van der Waals surface area contributed by atoms with E-state index in [1.54, 1.807) is 0 Å². The van der Waals surface area contributed by atoms with E-state index < -0.39 is 0 Å². The maximum absolute atomic E-state index is 11.5. The van der Waals surface area contributed by atoms with Crippen molar-refractivity contribution in [2.24, 2.45) is 0 Å². The monoisotopic (exact) mass is 242 g/mol. The molecule has 2 nitrogen and oxygen atoms in total. The van der Waals surface area contributed by atoms with Crippen LogP contribution in [0.5, 0.6) is 0 Å². The van der Waals surface area contributed by atoms with E-state index in [0.29, 0.717) is 6.42 Å². The lowest BCUT2D eigenvalue weighted by molar-refractivity contribution is -0.128. The fourth-order valence-electron chi connectivity index (χ4n) is 1.65. The Kier molecular flexibility index (Phi) is 9.43. The van der Waals surface area contributed by atoms with Crippen LogP contribution in [0.2, 0.25) is 0 Å². The van der Waals surface area contributed by atoms with Gasteiger partial charge in [-0.25, -0.2) is 0 Å². The van der Waals surface area contributed by atoms with Gasteiger partial charge in [0.15, 0.2) is 5.78 Å². The minimum Gasteiger partial charge on any atom is -0.368 e. The molecule has 0 fully saturated rings. The highest BCUT2D eigenvalue weighted by Gasteiger charge is 2.12. The van der Waals surface area contributed by atoms with E-state index in [9.17, 15) is 4.79 Å². The van der Waals surface area contributed by atoms with Crippen LogP contribution in [0.15, 0.2) is 0 Å². The van der Waals surface area contributed by atoms with Gasteiger partial charge in [0.25, 0.3) is 0 Å². The minimum absolute atomic E-state index is 0.199. The van der Waals surface area contributed by atoms with Gasteiger partial charge in [0, 0.05) is 6.42 Å². The van der Waals surface area contributed by atoms with Crippen LogP contribution in [0, 0.1) is 0 Å². The summed E-state index contributed by atoms with van der Waals surface area (Å²) < 4.78 is 5.45. The average Bonchev–Trinajstić information content (AvgIpc) is 2.24. The van der Waals surface area contributed by atoms with E-state index in [0.717, 1.165) is 6.42 Å². The number of ether oxygens (including phenoxy) is 1. The fraction of sp³-hybridized carbons (Fsp3) is 0.933. The molecule has 0 amide bonds. The molecule has 0 saturated carbocycles. The van der Waals surface area contributed by atoms with E-state index in [1.165, 1.54) is 38.5 Å². The minimum atomic E-state index is -0.199. The van der Waals surface area contributed by atoms with Gasteiger partial charge in [0.1, 0.15) is 6.61 Å². The molecule has 0 saturated heterocycles. The normalized spacial score (nSPS) is 11.8. The molecular weight excluding hydrogens is 212 g/mol. The fourth-order valence-corrected chi connectivity index (χ4v) is 1.65. The summed E-state index contributed by atoms with van der Waals surface area (Å²) in [6.45, 7) is 8.45. The van der Waals surface area contributed by atoms with E-state index in [-0.39, 0.29) is 18.0 Å². The van der Waals surface area contributed by atoms with Crippen molar-refractivity contribution in [2.45, 2.75) is 84.7 Å². The molecule has 0 aromatic rings. The van der Waals surface area contributed by atoms with Crippen LogP contribution < -0.4 is 0 Å². The molecular formula is C15H30O2. The Labute approximate surface area is 107 Å². The number of Topliss-reactive ketones (excluding diaryl/α,β-unsaturated/α-hetero) is 1. The molecule has 0 N–H and O–H groups in total. The Morgan fingerprint density at radius 2 is 1.47 bits per heavy atom. The Hall–Kier alpha value is -0.370. The number of hydrogen-bond acceptors (Lipinski definition) is 2. The van der Waals surface area contributed by atoms with E-state index in [2.05, 4.69) is 6.92 Å². The van der Waals surface area contributed by atoms with E-state index in [1.807, 2.05) is 20.8 Å². The number of unbranched alkanes of at least 4 members (excludes halogenated alkanes) is 6. The molecule has 0 rings (SSSR count). The van der Waals surface area contributed by atoms with Crippen molar-refractivity contribution in [2.75, 3.05) is 6.61 Å². The zero-order valence-electron chi connectivity index (χ0n) is 12.2. The zero-order chi connectivity index (χ0) is 13.1. The first-order valence-corrected chi connectivity index (χ1v) is 7.11. The summed E-state index contributed by atoms with van der Waals surface area (Å²) >= 11 is 0. The van der Waals surface area contributed by atoms with Crippen LogP contribution in [-0.4, -0.2) is 18.0 Å². The molecule has 0 atom stereocenters. The van der Waals surface area contributed by atoms with Crippen LogP contribution in [-0.2, 0) is 9.53 Å². The maximum atomic E-state index is 11.5. The molecule has 2 heteroatoms. The number of carbonyl (C=O) groups is 1. The van der Waals surface area contributed by atoms with Crippen LogP contribution in [0.4, 0.5) is 0 Å². The SMILES string of the molecule is CCCCCCCCCC(=O)COC(C)(C)C. The molecule has 0 heterocycles. The van der Waals surface area contributed by atoms with Crippen molar-refractivity contribution < 1.29 is 9.53 Å². The van der Waals surface area contributed by atoms with Crippen molar-refractivity contribution in [1.29, 1.82) is 0 Å². The Morgan fingerprint density at radius 1 is 0.941 bits per heavy atom. The van der Waals surface area contributed by atoms with Gasteiger partial charge in [-0.3, -0.25) is 4.79 Å². The molecule has 0 aliphatic rings. The summed E-state index contributed by atoms with van der Waals surface area (Å²) in [5.41, 5.74) is -0.199. The lowest BCUT2D eigenvalue weighted by atomic mass is 10.1. The van der Waals surface area contributed by atoms with Gasteiger partial charge < -0.3 is 4.74 Å². The predicted molar refractivity (Wildman–Crippen MR) is 73.3 cm³/mol. The predicted octanol–water partition coefficient (Wildman–Crippen LogP) is 4.51. The van der Waals surface area contributed by atoms with Crippen LogP contribution in [0.25, 0.3) is 0 Å². The number of ketones is 1. The van der Waals surface area contributed by atoms with Crippen molar-refractivity contribution in [3.63, 3.8) is 0 Å². The average molecular weight is 242 g/mol. The summed E-state index contributed by atoms with van der Waals surface area (Å²) in [5.74, 6) is 0.244. The molecule has 0 aromatic carbocycles. The van der Waals surface area contributed by atoms with Gasteiger partial charge in [0.05, 0.1) is 5.60 Å². The Balaban J connectivity index is 3.28.